The SMILES string of the molecule is C=C(C)/C=C/CCC/C=C/c1ccccc1. The van der Waals surface area contributed by atoms with E-state index in [-0.39, 0.29) is 0 Å². The lowest BCUT2D eigenvalue weighted by molar-refractivity contribution is 0.870. The van der Waals surface area contributed by atoms with Crippen molar-refractivity contribution < 1.29 is 0 Å². The zero-order valence-electron chi connectivity index (χ0n) is 10.0. The molecule has 0 aliphatic carbocycles. The molecule has 0 atom stereocenters. The van der Waals surface area contributed by atoms with Gasteiger partial charge in [0.25, 0.3) is 0 Å². The van der Waals surface area contributed by atoms with Crippen molar-refractivity contribution in [2.45, 2.75) is 26.2 Å². The van der Waals surface area contributed by atoms with Crippen molar-refractivity contribution >= 4 is 6.08 Å². The van der Waals surface area contributed by atoms with Crippen LogP contribution in [0.15, 0.2) is 60.7 Å². The zero-order chi connectivity index (χ0) is 11.6. The van der Waals surface area contributed by atoms with Gasteiger partial charge in [0.2, 0.25) is 0 Å². The van der Waals surface area contributed by atoms with Crippen molar-refractivity contribution in [3.63, 3.8) is 0 Å². The number of hydrogen-bond acceptors (Lipinski definition) is 0. The minimum absolute atomic E-state index is 1.12. The summed E-state index contributed by atoms with van der Waals surface area (Å²) in [6.45, 7) is 5.85. The fourth-order valence-corrected chi connectivity index (χ4v) is 1.42. The number of rotatable bonds is 6. The molecule has 16 heavy (non-hydrogen) atoms. The van der Waals surface area contributed by atoms with Crippen LogP contribution in [-0.2, 0) is 0 Å². The van der Waals surface area contributed by atoms with Gasteiger partial charge in [-0.3, -0.25) is 0 Å². The van der Waals surface area contributed by atoms with Crippen LogP contribution in [0.3, 0.4) is 0 Å². The summed E-state index contributed by atoms with van der Waals surface area (Å²) in [7, 11) is 0. The standard InChI is InChI=1S/C16H20/c1-15(2)11-7-4-3-5-8-12-16-13-9-6-10-14-16/h6-14H,1,3-5H2,2H3/b11-7+,12-8+. The molecule has 1 aromatic carbocycles. The highest BCUT2D eigenvalue weighted by atomic mass is 13.9. The van der Waals surface area contributed by atoms with E-state index < -0.39 is 0 Å². The lowest BCUT2D eigenvalue weighted by Gasteiger charge is -1.92. The van der Waals surface area contributed by atoms with Gasteiger partial charge in [0, 0.05) is 0 Å². The van der Waals surface area contributed by atoms with Gasteiger partial charge in [-0.15, -0.1) is 0 Å². The van der Waals surface area contributed by atoms with Crippen LogP contribution in [0.5, 0.6) is 0 Å². The Hall–Kier alpha value is -1.56. The third-order valence-electron chi connectivity index (χ3n) is 2.25. The van der Waals surface area contributed by atoms with Crippen molar-refractivity contribution in [3.05, 3.63) is 66.3 Å². The summed E-state index contributed by atoms with van der Waals surface area (Å²) >= 11 is 0. The molecule has 0 radical (unpaired) electrons. The first kappa shape index (κ1) is 12.5. The minimum Gasteiger partial charge on any atom is -0.0961 e. The molecule has 0 fully saturated rings. The minimum atomic E-state index is 1.12. The van der Waals surface area contributed by atoms with Gasteiger partial charge in [-0.25, -0.2) is 0 Å². The Morgan fingerprint density at radius 3 is 2.50 bits per heavy atom. The molecule has 0 unspecified atom stereocenters. The number of benzene rings is 1. The van der Waals surface area contributed by atoms with Gasteiger partial charge in [0.15, 0.2) is 0 Å². The molecular weight excluding hydrogens is 192 g/mol. The summed E-state index contributed by atoms with van der Waals surface area (Å²) in [5.41, 5.74) is 2.40. The second-order valence-corrected chi connectivity index (χ2v) is 3.99. The van der Waals surface area contributed by atoms with E-state index >= 15 is 0 Å². The second kappa shape index (κ2) is 7.70. The molecule has 0 aliphatic heterocycles. The molecule has 0 aromatic heterocycles. The van der Waals surface area contributed by atoms with Crippen LogP contribution in [0.1, 0.15) is 31.7 Å². The molecule has 1 rings (SSSR count). The second-order valence-electron chi connectivity index (χ2n) is 3.99. The van der Waals surface area contributed by atoms with Crippen LogP contribution in [-0.4, -0.2) is 0 Å². The molecule has 0 heteroatoms. The molecule has 0 saturated heterocycles. The highest BCUT2D eigenvalue weighted by Crippen LogP contribution is 2.05. The molecule has 0 heterocycles. The van der Waals surface area contributed by atoms with E-state index in [2.05, 4.69) is 55.1 Å². The Labute approximate surface area is 99.0 Å². The predicted octanol–water partition coefficient (Wildman–Crippen LogP) is 5.00. The highest BCUT2D eigenvalue weighted by Gasteiger charge is 1.83. The van der Waals surface area contributed by atoms with E-state index in [0.717, 1.165) is 18.4 Å². The summed E-state index contributed by atoms with van der Waals surface area (Å²) < 4.78 is 0. The van der Waals surface area contributed by atoms with Crippen LogP contribution < -0.4 is 0 Å². The van der Waals surface area contributed by atoms with E-state index in [1.807, 2.05) is 13.0 Å². The van der Waals surface area contributed by atoms with Gasteiger partial charge in [-0.05, 0) is 31.7 Å². The normalized spacial score (nSPS) is 11.3. The smallest absolute Gasteiger partial charge is 0.0260 e. The van der Waals surface area contributed by atoms with Crippen LogP contribution in [0.2, 0.25) is 0 Å². The monoisotopic (exact) mass is 212 g/mol. The van der Waals surface area contributed by atoms with E-state index in [4.69, 9.17) is 0 Å². The molecule has 1 aromatic rings. The molecular formula is C16H20. The van der Waals surface area contributed by atoms with Gasteiger partial charge in [0.05, 0.1) is 0 Å². The lowest BCUT2D eigenvalue weighted by Crippen LogP contribution is -1.71. The molecule has 0 aliphatic rings. The summed E-state index contributed by atoms with van der Waals surface area (Å²) in [6.07, 6.45) is 12.2. The third-order valence-corrected chi connectivity index (χ3v) is 2.25. The van der Waals surface area contributed by atoms with Gasteiger partial charge in [-0.2, -0.15) is 0 Å². The topological polar surface area (TPSA) is 0 Å². The van der Waals surface area contributed by atoms with Gasteiger partial charge < -0.3 is 0 Å². The molecule has 0 saturated carbocycles. The Kier molecular flexibility index (Phi) is 6.02. The Bertz CT molecular complexity index is 355. The molecule has 84 valence electrons. The Morgan fingerprint density at radius 2 is 1.81 bits per heavy atom. The number of hydrogen-bond donors (Lipinski definition) is 0. The number of unbranched alkanes of at least 4 members (excludes halogenated alkanes) is 2. The van der Waals surface area contributed by atoms with Crippen LogP contribution in [0.25, 0.3) is 6.08 Å². The summed E-state index contributed by atoms with van der Waals surface area (Å²) in [5.74, 6) is 0. The van der Waals surface area contributed by atoms with Crippen molar-refractivity contribution in [2.24, 2.45) is 0 Å². The lowest BCUT2D eigenvalue weighted by atomic mass is 10.1. The summed E-state index contributed by atoms with van der Waals surface area (Å²) in [4.78, 5) is 0. The fourth-order valence-electron chi connectivity index (χ4n) is 1.42. The Morgan fingerprint density at radius 1 is 1.12 bits per heavy atom. The van der Waals surface area contributed by atoms with E-state index in [0.29, 0.717) is 0 Å². The summed E-state index contributed by atoms with van der Waals surface area (Å²) in [6, 6.07) is 10.4. The third kappa shape index (κ3) is 6.02. The highest BCUT2D eigenvalue weighted by molar-refractivity contribution is 5.48. The maximum absolute atomic E-state index is 3.83. The zero-order valence-corrected chi connectivity index (χ0v) is 10.0. The van der Waals surface area contributed by atoms with E-state index in [1.165, 1.54) is 12.0 Å². The molecule has 0 amide bonds. The van der Waals surface area contributed by atoms with Gasteiger partial charge in [-0.1, -0.05) is 66.8 Å². The van der Waals surface area contributed by atoms with Crippen LogP contribution >= 0.6 is 0 Å². The largest absolute Gasteiger partial charge is 0.0961 e. The maximum atomic E-state index is 3.83. The summed E-state index contributed by atoms with van der Waals surface area (Å²) in [5, 5.41) is 0. The molecule has 0 nitrogen and oxygen atoms in total. The molecule has 0 spiro atoms. The average Bonchev–Trinajstić information content (AvgIpc) is 2.29. The number of allylic oxidation sites excluding steroid dienone is 4. The van der Waals surface area contributed by atoms with Gasteiger partial charge in [0.1, 0.15) is 0 Å². The molecule has 0 bridgehead atoms. The van der Waals surface area contributed by atoms with Crippen molar-refractivity contribution in [3.8, 4) is 0 Å². The fraction of sp³-hybridized carbons (Fsp3) is 0.250. The quantitative estimate of drug-likeness (QED) is 0.459. The van der Waals surface area contributed by atoms with E-state index in [1.54, 1.807) is 0 Å². The van der Waals surface area contributed by atoms with Gasteiger partial charge >= 0.3 is 0 Å². The first-order valence-corrected chi connectivity index (χ1v) is 5.82. The van der Waals surface area contributed by atoms with Crippen LogP contribution in [0.4, 0.5) is 0 Å². The first-order valence-electron chi connectivity index (χ1n) is 5.82. The maximum Gasteiger partial charge on any atom is -0.0260 e. The molecule has 0 N–H and O–H groups in total. The Balaban J connectivity index is 2.16. The average molecular weight is 212 g/mol. The van der Waals surface area contributed by atoms with E-state index in [9.17, 15) is 0 Å². The first-order chi connectivity index (χ1) is 7.79. The predicted molar refractivity (Wildman–Crippen MR) is 73.3 cm³/mol. The van der Waals surface area contributed by atoms with Crippen molar-refractivity contribution in [1.82, 2.24) is 0 Å². The van der Waals surface area contributed by atoms with Crippen molar-refractivity contribution in [1.29, 1.82) is 0 Å². The van der Waals surface area contributed by atoms with Crippen LogP contribution in [0, 0.1) is 0 Å². The van der Waals surface area contributed by atoms with Crippen molar-refractivity contribution in [2.75, 3.05) is 0 Å².